The van der Waals surface area contributed by atoms with Crippen molar-refractivity contribution in [2.24, 2.45) is 0 Å². The third-order valence-corrected chi connectivity index (χ3v) is 8.96. The zero-order valence-electron chi connectivity index (χ0n) is 26.1. The molecule has 0 aliphatic carbocycles. The number of aryl methyl sites for hydroxylation is 1. The number of hydrogen-bond acceptors (Lipinski definition) is 3. The van der Waals surface area contributed by atoms with Crippen molar-refractivity contribution in [1.29, 1.82) is 0 Å². The van der Waals surface area contributed by atoms with Crippen molar-refractivity contribution in [2.75, 3.05) is 9.80 Å². The van der Waals surface area contributed by atoms with E-state index in [1.807, 2.05) is 43.5 Å². The van der Waals surface area contributed by atoms with E-state index < -0.39 is 0 Å². The molecule has 0 bridgehead atoms. The van der Waals surface area contributed by atoms with Crippen LogP contribution in [0.5, 0.6) is 0 Å². The monoisotopic (exact) mass is 794 g/mol. The first-order valence-electron chi connectivity index (χ1n) is 15.8. The Morgan fingerprint density at radius 2 is 1.31 bits per heavy atom. The molecule has 4 nitrogen and oxygen atoms in total. The number of rotatable bonds is 3. The van der Waals surface area contributed by atoms with Gasteiger partial charge in [-0.25, -0.2) is 0 Å². The average Bonchev–Trinajstić information content (AvgIpc) is 3.81. The topological polar surface area (TPSA) is 23.8 Å². The fraction of sp³-hybridized carbons (Fsp3) is 0.0233. The molecular weight excluding hydrogens is 765 g/mol. The second-order valence-electron chi connectivity index (χ2n) is 11.8. The molecule has 1 aliphatic rings. The second kappa shape index (κ2) is 12.3. The van der Waals surface area contributed by atoms with Crippen molar-refractivity contribution < 1.29 is 20.1 Å². The van der Waals surface area contributed by atoms with Gasteiger partial charge in [-0.2, -0.15) is 12.1 Å². The smallest absolute Gasteiger partial charge is 0.493 e. The maximum absolute atomic E-state index is 4.32. The summed E-state index contributed by atoms with van der Waals surface area (Å²) in [6.45, 7) is 4.23. The van der Waals surface area contributed by atoms with E-state index in [0.29, 0.717) is 0 Å². The SMILES string of the molecule is Cc1ccc(-c2[c-]cccc2)nc1.[Ir+3].[c-]1ccc2c(c1N1[CH-]N(c3ccccc3)c3ccccc31)c1cccc3c4ccccc4n2c31. The van der Waals surface area contributed by atoms with Crippen molar-refractivity contribution in [2.45, 2.75) is 6.92 Å². The number of benzene rings is 6. The summed E-state index contributed by atoms with van der Waals surface area (Å²) in [6.07, 6.45) is 1.87. The van der Waals surface area contributed by atoms with E-state index in [0.717, 1.165) is 28.3 Å². The largest absolute Gasteiger partial charge is 3.00 e. The summed E-state index contributed by atoms with van der Waals surface area (Å²) in [7, 11) is 0. The summed E-state index contributed by atoms with van der Waals surface area (Å²) in [6, 6.07) is 57.4. The predicted molar refractivity (Wildman–Crippen MR) is 195 cm³/mol. The Labute approximate surface area is 293 Å². The van der Waals surface area contributed by atoms with E-state index in [1.165, 1.54) is 49.3 Å². The second-order valence-corrected chi connectivity index (χ2v) is 11.8. The molecule has 0 fully saturated rings. The van der Waals surface area contributed by atoms with Gasteiger partial charge in [0.15, 0.2) is 0 Å². The van der Waals surface area contributed by atoms with Gasteiger partial charge in [0.25, 0.3) is 0 Å². The Balaban J connectivity index is 0.000000203. The fourth-order valence-corrected chi connectivity index (χ4v) is 6.85. The average molecular weight is 794 g/mol. The molecule has 4 heterocycles. The number of pyridine rings is 1. The van der Waals surface area contributed by atoms with Crippen LogP contribution in [0.15, 0.2) is 152 Å². The molecule has 0 N–H and O–H groups in total. The van der Waals surface area contributed by atoms with Crippen molar-refractivity contribution >= 4 is 60.8 Å². The quantitative estimate of drug-likeness (QED) is 0.167. The Kier molecular flexibility index (Phi) is 7.64. The first-order chi connectivity index (χ1) is 23.3. The van der Waals surface area contributed by atoms with Gasteiger partial charge in [0.1, 0.15) is 0 Å². The third kappa shape index (κ3) is 4.83. The van der Waals surface area contributed by atoms with E-state index in [2.05, 4.69) is 153 Å². The van der Waals surface area contributed by atoms with E-state index in [-0.39, 0.29) is 20.1 Å². The molecule has 48 heavy (non-hydrogen) atoms. The van der Waals surface area contributed by atoms with E-state index in [9.17, 15) is 0 Å². The fourth-order valence-electron chi connectivity index (χ4n) is 6.85. The molecule has 10 rings (SSSR count). The molecule has 3 aromatic heterocycles. The molecule has 0 radical (unpaired) electrons. The molecule has 6 aromatic carbocycles. The minimum atomic E-state index is 0. The van der Waals surface area contributed by atoms with E-state index in [4.69, 9.17) is 0 Å². The molecule has 0 unspecified atom stereocenters. The minimum absolute atomic E-state index is 0. The van der Waals surface area contributed by atoms with Crippen LogP contribution in [0.1, 0.15) is 5.56 Å². The molecule has 0 saturated carbocycles. The van der Waals surface area contributed by atoms with Crippen LogP contribution in [0.2, 0.25) is 0 Å². The van der Waals surface area contributed by atoms with Crippen LogP contribution in [0.4, 0.5) is 22.7 Å². The van der Waals surface area contributed by atoms with Gasteiger partial charge in [0.05, 0.1) is 5.52 Å². The summed E-state index contributed by atoms with van der Waals surface area (Å²) >= 11 is 0. The number of anilines is 4. The van der Waals surface area contributed by atoms with Gasteiger partial charge in [-0.3, -0.25) is 0 Å². The molecule has 0 saturated heterocycles. The summed E-state index contributed by atoms with van der Waals surface area (Å²) < 4.78 is 2.42. The predicted octanol–water partition coefficient (Wildman–Crippen LogP) is 10.9. The standard InChI is InChI=1S/C31H19N3.C12H10N.Ir/c1-2-10-21(11-3-1)32-20-33(27-17-7-6-16-26(27)32)28-18-9-19-29-30(28)24-14-8-13-23-22-12-4-5-15-25(22)34(29)31(23)24;1-10-7-8-12(13-9-10)11-5-3-2-4-6-11;/h1-17,19-20H;2-5,7-9H,1H3;/q-2;-1;+3. The number of fused-ring (bicyclic) bond motifs is 7. The van der Waals surface area contributed by atoms with Crippen molar-refractivity contribution in [3.63, 3.8) is 0 Å². The van der Waals surface area contributed by atoms with Crippen LogP contribution >= 0.6 is 0 Å². The molecule has 5 heteroatoms. The zero-order valence-corrected chi connectivity index (χ0v) is 28.5. The van der Waals surface area contributed by atoms with Crippen LogP contribution in [-0.2, 0) is 20.1 Å². The van der Waals surface area contributed by atoms with Crippen molar-refractivity contribution in [1.82, 2.24) is 9.38 Å². The summed E-state index contributed by atoms with van der Waals surface area (Å²) in [4.78, 5) is 8.86. The van der Waals surface area contributed by atoms with E-state index >= 15 is 0 Å². The molecular formula is C43H29IrN4. The Morgan fingerprint density at radius 1 is 0.583 bits per heavy atom. The molecule has 0 atom stereocenters. The van der Waals surface area contributed by atoms with Gasteiger partial charge in [0, 0.05) is 39.5 Å². The molecule has 1 aliphatic heterocycles. The van der Waals surface area contributed by atoms with Gasteiger partial charge in [0.2, 0.25) is 0 Å². The van der Waals surface area contributed by atoms with Crippen molar-refractivity contribution in [3.05, 3.63) is 176 Å². The normalized spacial score (nSPS) is 12.4. The van der Waals surface area contributed by atoms with Gasteiger partial charge in [-0.05, 0) is 53.9 Å². The van der Waals surface area contributed by atoms with Crippen LogP contribution in [0.3, 0.4) is 0 Å². The van der Waals surface area contributed by atoms with Crippen LogP contribution in [0, 0.1) is 25.7 Å². The maximum atomic E-state index is 4.32. The Hall–Kier alpha value is -5.48. The first-order valence-corrected chi connectivity index (χ1v) is 15.8. The first kappa shape index (κ1) is 29.9. The molecule has 9 aromatic rings. The summed E-state index contributed by atoms with van der Waals surface area (Å²) in [5, 5.41) is 5.09. The van der Waals surface area contributed by atoms with E-state index in [1.54, 1.807) is 0 Å². The summed E-state index contributed by atoms with van der Waals surface area (Å²) in [5.41, 5.74) is 11.5. The Bertz CT molecular complexity index is 2510. The zero-order chi connectivity index (χ0) is 31.3. The number of para-hydroxylation sites is 5. The third-order valence-electron chi connectivity index (χ3n) is 8.96. The number of nitrogens with zero attached hydrogens (tertiary/aromatic N) is 4. The number of aromatic nitrogens is 2. The van der Waals surface area contributed by atoms with Gasteiger partial charge in [-0.15, -0.1) is 48.6 Å². The molecule has 0 amide bonds. The maximum Gasteiger partial charge on any atom is 3.00 e. The van der Waals surface area contributed by atoms with Gasteiger partial charge in [-0.1, -0.05) is 95.5 Å². The van der Waals surface area contributed by atoms with Crippen LogP contribution < -0.4 is 9.80 Å². The van der Waals surface area contributed by atoms with Gasteiger partial charge < -0.3 is 19.2 Å². The molecule has 230 valence electrons. The van der Waals surface area contributed by atoms with Crippen LogP contribution in [0.25, 0.3) is 49.4 Å². The minimum Gasteiger partial charge on any atom is -0.493 e. The summed E-state index contributed by atoms with van der Waals surface area (Å²) in [5.74, 6) is 0. The van der Waals surface area contributed by atoms with Crippen molar-refractivity contribution in [3.8, 4) is 11.3 Å². The van der Waals surface area contributed by atoms with Gasteiger partial charge >= 0.3 is 20.1 Å². The van der Waals surface area contributed by atoms with Crippen LogP contribution in [-0.4, -0.2) is 9.38 Å². The Morgan fingerprint density at radius 3 is 2.10 bits per heavy atom. The number of hydrogen-bond donors (Lipinski definition) is 0. The molecule has 0 spiro atoms.